The van der Waals surface area contributed by atoms with Crippen LogP contribution in [0.2, 0.25) is 0 Å². The van der Waals surface area contributed by atoms with Gasteiger partial charge in [0.1, 0.15) is 5.75 Å². The molecule has 1 N–H and O–H groups in total. The molecule has 1 aliphatic rings. The number of halogens is 3. The van der Waals surface area contributed by atoms with Crippen molar-refractivity contribution in [3.8, 4) is 5.75 Å². The van der Waals surface area contributed by atoms with Gasteiger partial charge in [-0.1, -0.05) is 18.2 Å². The fourth-order valence-electron chi connectivity index (χ4n) is 3.30. The lowest BCUT2D eigenvalue weighted by molar-refractivity contribution is -0.274. The average Bonchev–Trinajstić information content (AvgIpc) is 2.66. The van der Waals surface area contributed by atoms with Gasteiger partial charge in [-0.25, -0.2) is 4.79 Å². The molecule has 28 heavy (non-hydrogen) atoms. The third-order valence-electron chi connectivity index (χ3n) is 4.70. The van der Waals surface area contributed by atoms with E-state index in [0.717, 1.165) is 25.0 Å². The molecule has 0 spiro atoms. The zero-order valence-electron chi connectivity index (χ0n) is 15.3. The van der Waals surface area contributed by atoms with E-state index >= 15 is 0 Å². The standard InChI is InChI=1S/C20H22F3N3O2/c21-20(22,23)28-18-6-3-4-16(13-18)14-25-19(27)26-10-7-15(8-11-26)12-17-5-1-2-9-24-17/h1-6,9,13,15H,7-8,10-12,14H2,(H,25,27). The number of benzene rings is 1. The van der Waals surface area contributed by atoms with Gasteiger partial charge in [-0.2, -0.15) is 0 Å². The molecule has 0 aliphatic carbocycles. The number of carbonyl (C=O) groups excluding carboxylic acids is 1. The largest absolute Gasteiger partial charge is 0.573 e. The number of nitrogens with one attached hydrogen (secondary N) is 1. The Morgan fingerprint density at radius 2 is 1.96 bits per heavy atom. The molecule has 2 amide bonds. The Kier molecular flexibility index (Phi) is 6.38. The lowest BCUT2D eigenvalue weighted by Crippen LogP contribution is -2.44. The highest BCUT2D eigenvalue weighted by atomic mass is 19.4. The molecule has 1 aromatic carbocycles. The Hall–Kier alpha value is -2.77. The monoisotopic (exact) mass is 393 g/mol. The van der Waals surface area contributed by atoms with Gasteiger partial charge in [0.25, 0.3) is 0 Å². The summed E-state index contributed by atoms with van der Waals surface area (Å²) in [6.45, 7) is 1.45. The fourth-order valence-corrected chi connectivity index (χ4v) is 3.30. The van der Waals surface area contributed by atoms with Gasteiger partial charge in [0, 0.05) is 31.5 Å². The lowest BCUT2D eigenvalue weighted by atomic mass is 9.92. The van der Waals surface area contributed by atoms with E-state index < -0.39 is 6.36 Å². The summed E-state index contributed by atoms with van der Waals surface area (Å²) in [5.41, 5.74) is 1.60. The topological polar surface area (TPSA) is 54.5 Å². The van der Waals surface area contributed by atoms with Gasteiger partial charge in [0.15, 0.2) is 0 Å². The van der Waals surface area contributed by atoms with Crippen LogP contribution in [0.1, 0.15) is 24.1 Å². The number of urea groups is 1. The summed E-state index contributed by atoms with van der Waals surface area (Å²) in [6.07, 6.45) is -0.242. The number of aromatic nitrogens is 1. The zero-order valence-corrected chi connectivity index (χ0v) is 15.3. The zero-order chi connectivity index (χ0) is 20.0. The summed E-state index contributed by atoms with van der Waals surface area (Å²) in [5, 5.41) is 2.76. The highest BCUT2D eigenvalue weighted by molar-refractivity contribution is 5.74. The Morgan fingerprint density at radius 3 is 2.64 bits per heavy atom. The van der Waals surface area contributed by atoms with E-state index in [9.17, 15) is 18.0 Å². The molecule has 1 aliphatic heterocycles. The summed E-state index contributed by atoms with van der Waals surface area (Å²) in [5.74, 6) is 0.199. The van der Waals surface area contributed by atoms with Crippen LogP contribution in [-0.4, -0.2) is 35.4 Å². The van der Waals surface area contributed by atoms with Crippen molar-refractivity contribution >= 4 is 6.03 Å². The van der Waals surface area contributed by atoms with Gasteiger partial charge in [-0.15, -0.1) is 13.2 Å². The number of nitrogens with zero attached hydrogens (tertiary/aromatic N) is 2. The van der Waals surface area contributed by atoms with Crippen molar-refractivity contribution in [2.45, 2.75) is 32.2 Å². The van der Waals surface area contributed by atoms with Gasteiger partial charge >= 0.3 is 12.4 Å². The Morgan fingerprint density at radius 1 is 1.18 bits per heavy atom. The lowest BCUT2D eigenvalue weighted by Gasteiger charge is -2.32. The molecule has 2 aromatic rings. The number of likely N-dealkylation sites (tertiary alicyclic amines) is 1. The Labute approximate surface area is 161 Å². The van der Waals surface area contributed by atoms with E-state index in [2.05, 4.69) is 15.0 Å². The van der Waals surface area contributed by atoms with Crippen LogP contribution in [0.3, 0.4) is 0 Å². The van der Waals surface area contributed by atoms with Crippen LogP contribution in [0.5, 0.6) is 5.75 Å². The number of hydrogen-bond acceptors (Lipinski definition) is 3. The molecule has 150 valence electrons. The normalized spacial score (nSPS) is 15.3. The van der Waals surface area contributed by atoms with Crippen LogP contribution in [0.15, 0.2) is 48.7 Å². The molecular formula is C20H22F3N3O2. The second-order valence-electron chi connectivity index (χ2n) is 6.81. The predicted octanol–water partition coefficient (Wildman–Crippen LogP) is 4.14. The van der Waals surface area contributed by atoms with Crippen molar-refractivity contribution in [2.24, 2.45) is 5.92 Å². The quantitative estimate of drug-likeness (QED) is 0.831. The van der Waals surface area contributed by atoms with E-state index in [1.54, 1.807) is 17.2 Å². The molecule has 2 heterocycles. The van der Waals surface area contributed by atoms with Crippen LogP contribution < -0.4 is 10.1 Å². The van der Waals surface area contributed by atoms with Crippen LogP contribution in [0.25, 0.3) is 0 Å². The minimum Gasteiger partial charge on any atom is -0.406 e. The molecule has 0 radical (unpaired) electrons. The van der Waals surface area contributed by atoms with E-state index in [-0.39, 0.29) is 18.3 Å². The van der Waals surface area contributed by atoms with Gasteiger partial charge in [0.05, 0.1) is 0 Å². The maximum absolute atomic E-state index is 12.3. The molecule has 0 unspecified atom stereocenters. The van der Waals surface area contributed by atoms with Crippen molar-refractivity contribution in [3.05, 3.63) is 59.9 Å². The molecule has 1 aromatic heterocycles. The van der Waals surface area contributed by atoms with Crippen molar-refractivity contribution < 1.29 is 22.7 Å². The van der Waals surface area contributed by atoms with Crippen molar-refractivity contribution in [1.29, 1.82) is 0 Å². The molecule has 0 atom stereocenters. The van der Waals surface area contributed by atoms with E-state index in [1.807, 2.05) is 18.2 Å². The number of carbonyl (C=O) groups is 1. The summed E-state index contributed by atoms with van der Waals surface area (Å²) >= 11 is 0. The first-order chi connectivity index (χ1) is 13.4. The fraction of sp³-hybridized carbons (Fsp3) is 0.400. The summed E-state index contributed by atoms with van der Waals surface area (Å²) in [6, 6.07) is 11.3. The summed E-state index contributed by atoms with van der Waals surface area (Å²) < 4.78 is 40.8. The number of amides is 2. The van der Waals surface area contributed by atoms with Crippen LogP contribution >= 0.6 is 0 Å². The highest BCUT2D eigenvalue weighted by Gasteiger charge is 2.31. The number of ether oxygens (including phenoxy) is 1. The number of pyridine rings is 1. The Balaban J connectivity index is 1.44. The first kappa shape index (κ1) is 20.0. The number of alkyl halides is 3. The smallest absolute Gasteiger partial charge is 0.406 e. The Bertz CT molecular complexity index is 776. The number of rotatable bonds is 5. The molecule has 5 nitrogen and oxygen atoms in total. The summed E-state index contributed by atoms with van der Waals surface area (Å²) in [4.78, 5) is 18.4. The average molecular weight is 393 g/mol. The second-order valence-corrected chi connectivity index (χ2v) is 6.81. The van der Waals surface area contributed by atoms with Crippen LogP contribution in [0, 0.1) is 5.92 Å². The molecule has 3 rings (SSSR count). The SMILES string of the molecule is O=C(NCc1cccc(OC(F)(F)F)c1)N1CCC(Cc2ccccn2)CC1. The number of hydrogen-bond donors (Lipinski definition) is 1. The van der Waals surface area contributed by atoms with E-state index in [4.69, 9.17) is 0 Å². The second kappa shape index (κ2) is 8.95. The van der Waals surface area contributed by atoms with Crippen LogP contribution in [0.4, 0.5) is 18.0 Å². The maximum Gasteiger partial charge on any atom is 0.573 e. The number of piperidine rings is 1. The molecular weight excluding hydrogens is 371 g/mol. The third-order valence-corrected chi connectivity index (χ3v) is 4.70. The van der Waals surface area contributed by atoms with Gasteiger partial charge in [-0.05, 0) is 55.0 Å². The van der Waals surface area contributed by atoms with Crippen LogP contribution in [-0.2, 0) is 13.0 Å². The van der Waals surface area contributed by atoms with Gasteiger partial charge in [-0.3, -0.25) is 4.98 Å². The van der Waals surface area contributed by atoms with E-state index in [0.29, 0.717) is 24.6 Å². The van der Waals surface area contributed by atoms with Crippen molar-refractivity contribution in [1.82, 2.24) is 15.2 Å². The predicted molar refractivity (Wildman–Crippen MR) is 97.6 cm³/mol. The maximum atomic E-state index is 12.3. The molecule has 1 fully saturated rings. The summed E-state index contributed by atoms with van der Waals surface area (Å²) in [7, 11) is 0. The van der Waals surface area contributed by atoms with Gasteiger partial charge < -0.3 is 15.0 Å². The molecule has 1 saturated heterocycles. The van der Waals surface area contributed by atoms with E-state index in [1.165, 1.54) is 18.2 Å². The first-order valence-corrected chi connectivity index (χ1v) is 9.16. The minimum absolute atomic E-state index is 0.141. The highest BCUT2D eigenvalue weighted by Crippen LogP contribution is 2.24. The third kappa shape index (κ3) is 6.14. The minimum atomic E-state index is -4.73. The van der Waals surface area contributed by atoms with Crippen molar-refractivity contribution in [2.75, 3.05) is 13.1 Å². The van der Waals surface area contributed by atoms with Gasteiger partial charge in [0.2, 0.25) is 0 Å². The molecule has 0 bridgehead atoms. The molecule has 8 heteroatoms. The molecule has 0 saturated carbocycles. The van der Waals surface area contributed by atoms with Crippen molar-refractivity contribution in [3.63, 3.8) is 0 Å². The first-order valence-electron chi connectivity index (χ1n) is 9.16.